The summed E-state index contributed by atoms with van der Waals surface area (Å²) < 4.78 is 5.69. The molecule has 2 saturated heterocycles. The Bertz CT molecular complexity index is 561. The summed E-state index contributed by atoms with van der Waals surface area (Å²) in [4.78, 5) is 16.2. The van der Waals surface area contributed by atoms with Crippen molar-refractivity contribution in [2.75, 3.05) is 26.3 Å². The summed E-state index contributed by atoms with van der Waals surface area (Å²) in [5.74, 6) is 0.187. The van der Waals surface area contributed by atoms with Gasteiger partial charge < -0.3 is 10.1 Å². The van der Waals surface area contributed by atoms with Gasteiger partial charge in [-0.05, 0) is 61.7 Å². The van der Waals surface area contributed by atoms with Crippen LogP contribution in [0.2, 0.25) is 0 Å². The number of nitrogens with one attached hydrogen (secondary N) is 1. The van der Waals surface area contributed by atoms with Gasteiger partial charge in [0.25, 0.3) is 0 Å². The Morgan fingerprint density at radius 3 is 2.79 bits per heavy atom. The van der Waals surface area contributed by atoms with E-state index in [4.69, 9.17) is 4.74 Å². The third-order valence-electron chi connectivity index (χ3n) is 5.80. The van der Waals surface area contributed by atoms with Crippen LogP contribution in [-0.4, -0.2) is 43.2 Å². The summed E-state index contributed by atoms with van der Waals surface area (Å²) in [5.41, 5.74) is 1.64. The predicted molar refractivity (Wildman–Crippen MR) is 98.2 cm³/mol. The minimum absolute atomic E-state index is 0.0332. The second-order valence-electron chi connectivity index (χ2n) is 7.71. The summed E-state index contributed by atoms with van der Waals surface area (Å²) in [6.07, 6.45) is 3.38. The highest BCUT2D eigenvalue weighted by Crippen LogP contribution is 2.41. The van der Waals surface area contributed by atoms with Gasteiger partial charge >= 0.3 is 0 Å². The summed E-state index contributed by atoms with van der Waals surface area (Å²) in [6, 6.07) is 2.38. The zero-order valence-electron chi connectivity index (χ0n) is 15.1. The highest BCUT2D eigenvalue weighted by Gasteiger charge is 2.44. The Morgan fingerprint density at radius 1 is 1.42 bits per heavy atom. The molecule has 1 atom stereocenters. The number of hydrogen-bond donors (Lipinski definition) is 1. The molecular formula is C19H30N2O2S. The summed E-state index contributed by atoms with van der Waals surface area (Å²) in [5, 5.41) is 5.45. The Hall–Kier alpha value is -0.910. The second-order valence-corrected chi connectivity index (χ2v) is 8.71. The van der Waals surface area contributed by atoms with E-state index in [0.29, 0.717) is 6.61 Å². The highest BCUT2D eigenvalue weighted by atomic mass is 32.1. The molecule has 0 radical (unpaired) electrons. The smallest absolute Gasteiger partial charge is 0.222 e. The number of hydrogen-bond acceptors (Lipinski definition) is 4. The first-order chi connectivity index (χ1) is 11.5. The van der Waals surface area contributed by atoms with Crippen LogP contribution in [0.25, 0.3) is 0 Å². The molecule has 2 aliphatic heterocycles. The monoisotopic (exact) mass is 350 g/mol. The minimum Gasteiger partial charge on any atom is -0.379 e. The summed E-state index contributed by atoms with van der Waals surface area (Å²) >= 11 is 1.86. The molecule has 4 nitrogen and oxygen atoms in total. The van der Waals surface area contributed by atoms with Gasteiger partial charge in [0.1, 0.15) is 0 Å². The van der Waals surface area contributed by atoms with Gasteiger partial charge in [-0.3, -0.25) is 9.69 Å². The number of carbonyl (C=O) groups excluding carboxylic acids is 1. The van der Waals surface area contributed by atoms with Crippen LogP contribution in [-0.2, 0) is 16.1 Å². The van der Waals surface area contributed by atoms with Crippen LogP contribution in [0.15, 0.2) is 11.4 Å². The van der Waals surface area contributed by atoms with Crippen LogP contribution in [0.1, 0.15) is 43.6 Å². The number of carbonyl (C=O) groups is 1. The maximum atomic E-state index is 12.2. The van der Waals surface area contributed by atoms with Gasteiger partial charge in [-0.15, -0.1) is 11.3 Å². The van der Waals surface area contributed by atoms with Crippen molar-refractivity contribution in [3.8, 4) is 0 Å². The van der Waals surface area contributed by atoms with E-state index < -0.39 is 0 Å². The van der Waals surface area contributed by atoms with Gasteiger partial charge in [0.05, 0.1) is 12.6 Å². The molecular weight excluding hydrogens is 320 g/mol. The Morgan fingerprint density at radius 2 is 2.17 bits per heavy atom. The van der Waals surface area contributed by atoms with Gasteiger partial charge in [0.15, 0.2) is 0 Å². The highest BCUT2D eigenvalue weighted by molar-refractivity contribution is 7.10. The molecule has 0 aromatic carbocycles. The number of nitrogens with zero attached hydrogens (tertiary/aromatic N) is 1. The third kappa shape index (κ3) is 3.84. The molecule has 0 unspecified atom stereocenters. The van der Waals surface area contributed by atoms with E-state index >= 15 is 0 Å². The molecule has 2 fully saturated rings. The average Bonchev–Trinajstić information content (AvgIpc) is 2.97. The molecule has 134 valence electrons. The largest absolute Gasteiger partial charge is 0.379 e. The minimum atomic E-state index is 0.0332. The van der Waals surface area contributed by atoms with E-state index in [9.17, 15) is 4.79 Å². The fourth-order valence-corrected chi connectivity index (χ4v) is 4.83. The second kappa shape index (κ2) is 7.54. The SMILES string of the molecule is Cc1ccsc1CN1CCC2(CCOC[C@H]2NC(=O)C(C)C)CC1. The van der Waals surface area contributed by atoms with E-state index in [2.05, 4.69) is 28.6 Å². The first-order valence-electron chi connectivity index (χ1n) is 9.14. The van der Waals surface area contributed by atoms with Crippen molar-refractivity contribution in [1.82, 2.24) is 10.2 Å². The van der Waals surface area contributed by atoms with Crippen molar-refractivity contribution in [3.05, 3.63) is 21.9 Å². The van der Waals surface area contributed by atoms with E-state index in [0.717, 1.165) is 45.5 Å². The van der Waals surface area contributed by atoms with Crippen molar-refractivity contribution in [3.63, 3.8) is 0 Å². The maximum absolute atomic E-state index is 12.2. The molecule has 1 N–H and O–H groups in total. The third-order valence-corrected chi connectivity index (χ3v) is 6.80. The zero-order chi connectivity index (χ0) is 17.2. The fraction of sp³-hybridized carbons (Fsp3) is 0.737. The summed E-state index contributed by atoms with van der Waals surface area (Å²) in [7, 11) is 0. The fourth-order valence-electron chi connectivity index (χ4n) is 3.88. The van der Waals surface area contributed by atoms with Gasteiger partial charge in [-0.2, -0.15) is 0 Å². The molecule has 0 saturated carbocycles. The van der Waals surface area contributed by atoms with Crippen molar-refractivity contribution in [1.29, 1.82) is 0 Å². The standard InChI is InChI=1S/C19H30N2O2S/c1-14(2)18(22)20-17-13-23-10-7-19(17)5-8-21(9-6-19)12-16-15(3)4-11-24-16/h4,11,14,17H,5-10,12-13H2,1-3H3,(H,20,22)/t17-/m1/s1. The number of aryl methyl sites for hydroxylation is 1. The molecule has 0 aliphatic carbocycles. The zero-order valence-corrected chi connectivity index (χ0v) is 16.0. The van der Waals surface area contributed by atoms with E-state index in [-0.39, 0.29) is 23.3 Å². The number of rotatable bonds is 4. The van der Waals surface area contributed by atoms with Gasteiger partial charge in [-0.25, -0.2) is 0 Å². The molecule has 1 spiro atoms. The number of amides is 1. The molecule has 1 amide bonds. The van der Waals surface area contributed by atoms with Crippen molar-refractivity contribution in [2.24, 2.45) is 11.3 Å². The number of ether oxygens (including phenoxy) is 1. The molecule has 1 aromatic rings. The molecule has 2 aliphatic rings. The van der Waals surface area contributed by atoms with Crippen LogP contribution >= 0.6 is 11.3 Å². The Kier molecular flexibility index (Phi) is 5.63. The number of thiophene rings is 1. The molecule has 0 bridgehead atoms. The molecule has 24 heavy (non-hydrogen) atoms. The van der Waals surface area contributed by atoms with E-state index in [1.807, 2.05) is 25.2 Å². The average molecular weight is 351 g/mol. The molecule has 3 rings (SSSR count). The quantitative estimate of drug-likeness (QED) is 0.907. The number of piperidine rings is 1. The molecule has 3 heterocycles. The first-order valence-corrected chi connectivity index (χ1v) is 10.0. The first kappa shape index (κ1) is 17.9. The van der Waals surface area contributed by atoms with Crippen LogP contribution in [0.5, 0.6) is 0 Å². The van der Waals surface area contributed by atoms with Gasteiger partial charge in [0.2, 0.25) is 5.91 Å². The lowest BCUT2D eigenvalue weighted by atomic mass is 9.69. The van der Waals surface area contributed by atoms with Crippen LogP contribution in [0, 0.1) is 18.3 Å². The normalized spacial score (nSPS) is 24.4. The van der Waals surface area contributed by atoms with Crippen molar-refractivity contribution >= 4 is 17.2 Å². The predicted octanol–water partition coefficient (Wildman–Crippen LogP) is 3.20. The van der Waals surface area contributed by atoms with Gasteiger partial charge in [0, 0.05) is 23.9 Å². The topological polar surface area (TPSA) is 41.6 Å². The lowest BCUT2D eigenvalue weighted by Crippen LogP contribution is -2.58. The molecule has 5 heteroatoms. The lowest BCUT2D eigenvalue weighted by Gasteiger charge is -2.49. The summed E-state index contributed by atoms with van der Waals surface area (Å²) in [6.45, 7) is 10.9. The van der Waals surface area contributed by atoms with Crippen LogP contribution < -0.4 is 5.32 Å². The van der Waals surface area contributed by atoms with E-state index in [1.165, 1.54) is 10.4 Å². The van der Waals surface area contributed by atoms with Crippen molar-refractivity contribution in [2.45, 2.75) is 52.6 Å². The van der Waals surface area contributed by atoms with Gasteiger partial charge in [-0.1, -0.05) is 13.8 Å². The van der Waals surface area contributed by atoms with Crippen molar-refractivity contribution < 1.29 is 9.53 Å². The van der Waals surface area contributed by atoms with E-state index in [1.54, 1.807) is 0 Å². The maximum Gasteiger partial charge on any atom is 0.222 e. The number of likely N-dealkylation sites (tertiary alicyclic amines) is 1. The van der Waals surface area contributed by atoms with Crippen LogP contribution in [0.4, 0.5) is 0 Å². The Balaban J connectivity index is 1.61. The lowest BCUT2D eigenvalue weighted by molar-refractivity contribution is -0.129. The molecule has 1 aromatic heterocycles. The Labute approximate surface area is 149 Å². The van der Waals surface area contributed by atoms with Crippen LogP contribution in [0.3, 0.4) is 0 Å².